The maximum Gasteiger partial charge on any atom is 0.265 e. The number of anilines is 2. The van der Waals surface area contributed by atoms with E-state index in [0.29, 0.717) is 5.69 Å². The van der Waals surface area contributed by atoms with E-state index in [1.807, 2.05) is 0 Å². The van der Waals surface area contributed by atoms with E-state index in [1.54, 1.807) is 12.1 Å². The monoisotopic (exact) mass is 359 g/mol. The van der Waals surface area contributed by atoms with Gasteiger partial charge < -0.3 is 5.73 Å². The standard InChI is InChI=1S/C12H11BrFN3O2S/c1-17(8-2-4-16-5-3-8)20(18,19)12-7-11(15)10(14)6-9(12)13/h2-7H,15H2,1H3. The topological polar surface area (TPSA) is 76.3 Å². The van der Waals surface area contributed by atoms with Gasteiger partial charge in [-0.25, -0.2) is 12.8 Å². The van der Waals surface area contributed by atoms with Crippen molar-refractivity contribution < 1.29 is 12.8 Å². The van der Waals surface area contributed by atoms with Crippen molar-refractivity contribution in [2.45, 2.75) is 4.90 Å². The summed E-state index contributed by atoms with van der Waals surface area (Å²) in [5, 5.41) is 0. The molecule has 0 bridgehead atoms. The van der Waals surface area contributed by atoms with Crippen molar-refractivity contribution in [2.75, 3.05) is 17.1 Å². The van der Waals surface area contributed by atoms with E-state index in [0.717, 1.165) is 16.4 Å². The first kappa shape index (κ1) is 14.7. The van der Waals surface area contributed by atoms with E-state index in [-0.39, 0.29) is 15.1 Å². The molecule has 0 fully saturated rings. The van der Waals surface area contributed by atoms with Gasteiger partial charge in [-0.3, -0.25) is 9.29 Å². The number of sulfonamides is 1. The molecule has 5 nitrogen and oxygen atoms in total. The molecule has 1 aromatic carbocycles. The quantitative estimate of drug-likeness (QED) is 0.853. The van der Waals surface area contributed by atoms with E-state index >= 15 is 0 Å². The number of halogens is 2. The summed E-state index contributed by atoms with van der Waals surface area (Å²) in [6, 6.07) is 5.23. The van der Waals surface area contributed by atoms with Crippen LogP contribution in [0.2, 0.25) is 0 Å². The average Bonchev–Trinajstić information content (AvgIpc) is 2.42. The van der Waals surface area contributed by atoms with Crippen molar-refractivity contribution in [3.8, 4) is 0 Å². The second-order valence-corrected chi connectivity index (χ2v) is 6.77. The van der Waals surface area contributed by atoms with E-state index in [4.69, 9.17) is 5.73 Å². The first-order chi connectivity index (χ1) is 9.34. The number of hydrogen-bond donors (Lipinski definition) is 1. The fourth-order valence-electron chi connectivity index (χ4n) is 1.58. The molecule has 1 aromatic heterocycles. The van der Waals surface area contributed by atoms with Gasteiger partial charge in [0.2, 0.25) is 0 Å². The molecular formula is C12H11BrFN3O2S. The van der Waals surface area contributed by atoms with E-state index in [1.165, 1.54) is 19.4 Å². The zero-order chi connectivity index (χ0) is 14.9. The lowest BCUT2D eigenvalue weighted by Crippen LogP contribution is -2.27. The summed E-state index contributed by atoms with van der Waals surface area (Å²) in [7, 11) is -2.45. The minimum atomic E-state index is -3.85. The second-order valence-electron chi connectivity index (χ2n) is 3.98. The zero-order valence-electron chi connectivity index (χ0n) is 10.4. The van der Waals surface area contributed by atoms with Gasteiger partial charge in [0.25, 0.3) is 10.0 Å². The van der Waals surface area contributed by atoms with Gasteiger partial charge in [-0.15, -0.1) is 0 Å². The number of aromatic nitrogens is 1. The van der Waals surface area contributed by atoms with Crippen LogP contribution in [0.5, 0.6) is 0 Å². The Hall–Kier alpha value is -1.67. The SMILES string of the molecule is CN(c1ccncc1)S(=O)(=O)c1cc(N)c(F)cc1Br. The van der Waals surface area contributed by atoms with Gasteiger partial charge in [0.1, 0.15) is 10.7 Å². The third-order valence-corrected chi connectivity index (χ3v) is 5.46. The van der Waals surface area contributed by atoms with Crippen LogP contribution in [-0.4, -0.2) is 20.4 Å². The Kier molecular flexibility index (Phi) is 3.96. The number of nitrogens with zero attached hydrogens (tertiary/aromatic N) is 2. The largest absolute Gasteiger partial charge is 0.396 e. The molecule has 106 valence electrons. The molecule has 0 radical (unpaired) electrons. The van der Waals surface area contributed by atoms with Gasteiger partial charge in [-0.1, -0.05) is 0 Å². The smallest absolute Gasteiger partial charge is 0.265 e. The Bertz CT molecular complexity index is 738. The van der Waals surface area contributed by atoms with Crippen molar-refractivity contribution in [3.63, 3.8) is 0 Å². The maximum atomic E-state index is 13.3. The van der Waals surface area contributed by atoms with Crippen LogP contribution in [0.3, 0.4) is 0 Å². The third kappa shape index (κ3) is 2.61. The molecule has 2 rings (SSSR count). The fourth-order valence-corrected chi connectivity index (χ4v) is 3.79. The Labute approximate surface area is 124 Å². The Morgan fingerprint density at radius 3 is 2.50 bits per heavy atom. The Balaban J connectivity index is 2.54. The minimum absolute atomic E-state index is 0.101. The molecule has 0 saturated carbocycles. The zero-order valence-corrected chi connectivity index (χ0v) is 12.8. The number of nitrogens with two attached hydrogens (primary N) is 1. The van der Waals surface area contributed by atoms with Crippen molar-refractivity contribution in [2.24, 2.45) is 0 Å². The van der Waals surface area contributed by atoms with E-state index in [2.05, 4.69) is 20.9 Å². The number of nitrogen functional groups attached to an aromatic ring is 1. The van der Waals surface area contributed by atoms with Crippen LogP contribution in [0.4, 0.5) is 15.8 Å². The van der Waals surface area contributed by atoms with Gasteiger partial charge in [0.15, 0.2) is 0 Å². The third-order valence-electron chi connectivity index (χ3n) is 2.72. The molecule has 2 aromatic rings. The fraction of sp³-hybridized carbons (Fsp3) is 0.0833. The first-order valence-corrected chi connectivity index (χ1v) is 7.71. The molecule has 8 heteroatoms. The molecule has 1 heterocycles. The van der Waals surface area contributed by atoms with Gasteiger partial charge in [-0.05, 0) is 40.2 Å². The normalized spacial score (nSPS) is 11.3. The van der Waals surface area contributed by atoms with Gasteiger partial charge in [-0.2, -0.15) is 0 Å². The highest BCUT2D eigenvalue weighted by molar-refractivity contribution is 9.10. The predicted molar refractivity (Wildman–Crippen MR) is 78.3 cm³/mol. The summed E-state index contributed by atoms with van der Waals surface area (Å²) >= 11 is 3.04. The van der Waals surface area contributed by atoms with Crippen LogP contribution in [-0.2, 0) is 10.0 Å². The summed E-state index contributed by atoms with van der Waals surface area (Å²) in [4.78, 5) is 3.72. The molecule has 20 heavy (non-hydrogen) atoms. The van der Waals surface area contributed by atoms with Crippen molar-refractivity contribution in [1.29, 1.82) is 0 Å². The maximum absolute atomic E-state index is 13.3. The predicted octanol–water partition coefficient (Wildman–Crippen LogP) is 2.39. The second kappa shape index (κ2) is 5.37. The van der Waals surface area contributed by atoms with E-state index < -0.39 is 15.8 Å². The molecule has 0 aliphatic heterocycles. The lowest BCUT2D eigenvalue weighted by molar-refractivity contribution is 0.592. The number of hydrogen-bond acceptors (Lipinski definition) is 4. The highest BCUT2D eigenvalue weighted by atomic mass is 79.9. The molecule has 0 spiro atoms. The summed E-state index contributed by atoms with van der Waals surface area (Å²) in [5.41, 5.74) is 5.65. The summed E-state index contributed by atoms with van der Waals surface area (Å²) in [6.45, 7) is 0. The molecular weight excluding hydrogens is 349 g/mol. The van der Waals surface area contributed by atoms with Crippen LogP contribution in [0.25, 0.3) is 0 Å². The van der Waals surface area contributed by atoms with E-state index in [9.17, 15) is 12.8 Å². The highest BCUT2D eigenvalue weighted by Crippen LogP contribution is 2.30. The number of rotatable bonds is 3. The van der Waals surface area contributed by atoms with Crippen molar-refractivity contribution >= 4 is 37.3 Å². The molecule has 0 saturated heterocycles. The summed E-state index contributed by atoms with van der Waals surface area (Å²) in [6.07, 6.45) is 2.96. The molecule has 2 N–H and O–H groups in total. The van der Waals surface area contributed by atoms with Gasteiger partial charge in [0.05, 0.1) is 11.4 Å². The summed E-state index contributed by atoms with van der Waals surface area (Å²) in [5.74, 6) is -0.678. The number of pyridine rings is 1. The number of benzene rings is 1. The molecule has 0 amide bonds. The van der Waals surface area contributed by atoms with Gasteiger partial charge >= 0.3 is 0 Å². The van der Waals surface area contributed by atoms with Crippen LogP contribution in [0.15, 0.2) is 46.0 Å². The lowest BCUT2D eigenvalue weighted by Gasteiger charge is -2.20. The highest BCUT2D eigenvalue weighted by Gasteiger charge is 2.25. The molecule has 0 aliphatic rings. The molecule has 0 atom stereocenters. The molecule has 0 unspecified atom stereocenters. The van der Waals surface area contributed by atoms with Gasteiger partial charge in [0, 0.05) is 23.9 Å². The van der Waals surface area contributed by atoms with Crippen LogP contribution in [0.1, 0.15) is 0 Å². The molecule has 0 aliphatic carbocycles. The van der Waals surface area contributed by atoms with Crippen LogP contribution < -0.4 is 10.0 Å². The average molecular weight is 360 g/mol. The minimum Gasteiger partial charge on any atom is -0.396 e. The van der Waals surface area contributed by atoms with Crippen molar-refractivity contribution in [3.05, 3.63) is 46.9 Å². The van der Waals surface area contributed by atoms with Crippen LogP contribution >= 0.6 is 15.9 Å². The van der Waals surface area contributed by atoms with Crippen LogP contribution in [0, 0.1) is 5.82 Å². The van der Waals surface area contributed by atoms with Crippen molar-refractivity contribution in [1.82, 2.24) is 4.98 Å². The summed E-state index contributed by atoms with van der Waals surface area (Å²) < 4.78 is 39.5. The Morgan fingerprint density at radius 2 is 1.90 bits per heavy atom. The Morgan fingerprint density at radius 1 is 1.30 bits per heavy atom. The lowest BCUT2D eigenvalue weighted by atomic mass is 10.3. The first-order valence-electron chi connectivity index (χ1n) is 5.47.